The predicted octanol–water partition coefficient (Wildman–Crippen LogP) is 0.729. The van der Waals surface area contributed by atoms with Crippen LogP contribution in [0.4, 0.5) is 0 Å². The van der Waals surface area contributed by atoms with Crippen LogP contribution in [0.25, 0.3) is 0 Å². The summed E-state index contributed by atoms with van der Waals surface area (Å²) in [6.07, 6.45) is 1.67. The van der Waals surface area contributed by atoms with Crippen molar-refractivity contribution in [2.24, 2.45) is 22.2 Å². The van der Waals surface area contributed by atoms with Gasteiger partial charge in [-0.05, 0) is 49.9 Å². The smallest absolute Gasteiger partial charge is 0.196 e. The van der Waals surface area contributed by atoms with E-state index in [9.17, 15) is 30.0 Å². The molecular weight excluding hydrogens is 336 g/mol. The van der Waals surface area contributed by atoms with Gasteiger partial charge in [0.25, 0.3) is 0 Å². The summed E-state index contributed by atoms with van der Waals surface area (Å²) in [5.41, 5.74) is -8.22. The highest BCUT2D eigenvalue weighted by Crippen LogP contribution is 2.74. The highest BCUT2D eigenvalue weighted by Gasteiger charge is 2.83. The Balaban J connectivity index is 1.94. The molecule has 0 aromatic rings. The molecule has 0 aromatic heterocycles. The van der Waals surface area contributed by atoms with Gasteiger partial charge in [-0.15, -0.1) is 0 Å². The largest absolute Gasteiger partial charge is 0.383 e. The second kappa shape index (κ2) is 4.77. The number of ketones is 1. The van der Waals surface area contributed by atoms with Crippen LogP contribution in [0.5, 0.6) is 0 Å². The molecule has 4 rings (SSSR count). The maximum Gasteiger partial charge on any atom is 0.196 e. The van der Waals surface area contributed by atoms with Crippen LogP contribution in [0.15, 0.2) is 0 Å². The lowest BCUT2D eigenvalue weighted by Gasteiger charge is -2.67. The van der Waals surface area contributed by atoms with E-state index in [-0.39, 0.29) is 30.5 Å². The van der Waals surface area contributed by atoms with Crippen LogP contribution in [0.3, 0.4) is 0 Å². The van der Waals surface area contributed by atoms with Crippen LogP contribution < -0.4 is 0 Å². The topological polar surface area (TPSA) is 115 Å². The molecule has 26 heavy (non-hydrogen) atoms. The molecule has 4 N–H and O–H groups in total. The molecule has 0 saturated heterocycles. The zero-order valence-electron chi connectivity index (χ0n) is 15.8. The summed E-state index contributed by atoms with van der Waals surface area (Å²) in [5, 5.41) is 44.4. The van der Waals surface area contributed by atoms with Crippen molar-refractivity contribution in [2.45, 2.75) is 88.6 Å². The minimum absolute atomic E-state index is 0.0527. The van der Waals surface area contributed by atoms with E-state index in [1.54, 1.807) is 0 Å². The molecular formula is C20H30O6. The van der Waals surface area contributed by atoms with Gasteiger partial charge in [-0.25, -0.2) is 0 Å². The number of hydrogen-bond acceptors (Lipinski definition) is 6. The first-order chi connectivity index (χ1) is 11.8. The fourth-order valence-electron chi connectivity index (χ4n) is 7.74. The van der Waals surface area contributed by atoms with Gasteiger partial charge >= 0.3 is 0 Å². The number of carbonyl (C=O) groups is 2. The lowest BCUT2D eigenvalue weighted by Crippen LogP contribution is -2.76. The summed E-state index contributed by atoms with van der Waals surface area (Å²) in [6.45, 7) is 6.24. The predicted molar refractivity (Wildman–Crippen MR) is 92.1 cm³/mol. The molecule has 1 spiro atoms. The van der Waals surface area contributed by atoms with Gasteiger partial charge in [0.1, 0.15) is 17.3 Å². The molecule has 146 valence electrons. The van der Waals surface area contributed by atoms with E-state index >= 15 is 0 Å². The SMILES string of the molecule is CC1(C)CCC[C@]2(C)[C@@H]1CCC13C[C@](O)(C=O)[C@](O)(C1)[C@@H](O)C(=O)[C@]32O. The fourth-order valence-corrected chi connectivity index (χ4v) is 7.74. The third-order valence-electron chi connectivity index (χ3n) is 8.95. The standard InChI is InChI=1S/C20H30O6/c1-15(2)6-4-7-16(3)12(15)5-8-17-9-18(24,11-21)19(25,10-17)13(22)14(23)20(16,17)26/h11-13,22,24-26H,4-10H2,1-3H3/t12-,13+,16-,17?,18+,19+,20-/m1/s1. The first-order valence-corrected chi connectivity index (χ1v) is 9.70. The van der Waals surface area contributed by atoms with Crippen LogP contribution in [0.1, 0.15) is 65.7 Å². The Labute approximate surface area is 153 Å². The first kappa shape index (κ1) is 18.5. The number of aliphatic hydroxyl groups excluding tert-OH is 1. The van der Waals surface area contributed by atoms with E-state index in [4.69, 9.17) is 0 Å². The summed E-state index contributed by atoms with van der Waals surface area (Å²) in [7, 11) is 0. The Morgan fingerprint density at radius 1 is 1.04 bits per heavy atom. The van der Waals surface area contributed by atoms with Gasteiger partial charge in [-0.1, -0.05) is 27.2 Å². The Hall–Kier alpha value is -0.820. The van der Waals surface area contributed by atoms with Crippen LogP contribution in [0, 0.1) is 22.2 Å². The molecule has 4 aliphatic rings. The van der Waals surface area contributed by atoms with Crippen molar-refractivity contribution in [2.75, 3.05) is 0 Å². The average molecular weight is 366 g/mol. The van der Waals surface area contributed by atoms with Crippen molar-refractivity contribution < 1.29 is 30.0 Å². The molecule has 0 aliphatic heterocycles. The Bertz CT molecular complexity index is 690. The number of aldehydes is 1. The van der Waals surface area contributed by atoms with E-state index in [1.165, 1.54) is 0 Å². The molecule has 0 radical (unpaired) electrons. The monoisotopic (exact) mass is 366 g/mol. The number of Topliss-reactive ketones (excluding diaryl/α,β-unsaturated/α-hetero) is 1. The van der Waals surface area contributed by atoms with Crippen molar-refractivity contribution >= 4 is 12.1 Å². The first-order valence-electron chi connectivity index (χ1n) is 9.70. The van der Waals surface area contributed by atoms with Crippen molar-refractivity contribution in [3.63, 3.8) is 0 Å². The maximum atomic E-state index is 13.3. The van der Waals surface area contributed by atoms with Gasteiger partial charge in [-0.2, -0.15) is 0 Å². The molecule has 1 unspecified atom stereocenters. The van der Waals surface area contributed by atoms with E-state index in [2.05, 4.69) is 13.8 Å². The number of carbonyl (C=O) groups excluding carboxylic acids is 2. The van der Waals surface area contributed by atoms with Gasteiger partial charge < -0.3 is 25.2 Å². The fraction of sp³-hybridized carbons (Fsp3) is 0.900. The summed E-state index contributed by atoms with van der Waals surface area (Å²) < 4.78 is 0. The van der Waals surface area contributed by atoms with Crippen LogP contribution in [-0.4, -0.2) is 55.4 Å². The average Bonchev–Trinajstić information content (AvgIpc) is 2.78. The Morgan fingerprint density at radius 3 is 2.31 bits per heavy atom. The van der Waals surface area contributed by atoms with Crippen LogP contribution >= 0.6 is 0 Å². The summed E-state index contributed by atoms with van der Waals surface area (Å²) >= 11 is 0. The van der Waals surface area contributed by atoms with Crippen molar-refractivity contribution in [3.05, 3.63) is 0 Å². The van der Waals surface area contributed by atoms with E-state index in [0.29, 0.717) is 12.8 Å². The van der Waals surface area contributed by atoms with Gasteiger partial charge in [0.05, 0.1) is 0 Å². The molecule has 0 heterocycles. The number of rotatable bonds is 1. The number of hydrogen-bond donors (Lipinski definition) is 4. The normalized spacial score (nSPS) is 58.0. The summed E-state index contributed by atoms with van der Waals surface area (Å²) in [5.74, 6) is -0.736. The van der Waals surface area contributed by atoms with E-state index < -0.39 is 39.5 Å². The lowest BCUT2D eigenvalue weighted by molar-refractivity contribution is -0.264. The van der Waals surface area contributed by atoms with Crippen LogP contribution in [0.2, 0.25) is 0 Å². The van der Waals surface area contributed by atoms with Gasteiger partial charge in [0, 0.05) is 10.8 Å². The van der Waals surface area contributed by atoms with E-state index in [0.717, 1.165) is 19.3 Å². The lowest BCUT2D eigenvalue weighted by atomic mass is 9.38. The number of fused-ring (bicyclic) bond motifs is 3. The third-order valence-corrected chi connectivity index (χ3v) is 8.95. The molecule has 7 atom stereocenters. The quantitative estimate of drug-likeness (QED) is 0.509. The second-order valence-corrected chi connectivity index (χ2v) is 10.4. The third kappa shape index (κ3) is 1.65. The van der Waals surface area contributed by atoms with Crippen molar-refractivity contribution in [3.8, 4) is 0 Å². The molecule has 6 nitrogen and oxygen atoms in total. The summed E-state index contributed by atoms with van der Waals surface area (Å²) in [4.78, 5) is 25.0. The highest BCUT2D eigenvalue weighted by atomic mass is 16.4. The van der Waals surface area contributed by atoms with Crippen molar-refractivity contribution in [1.82, 2.24) is 0 Å². The second-order valence-electron chi connectivity index (χ2n) is 10.4. The number of aliphatic hydroxyl groups is 4. The minimum atomic E-state index is -2.23. The van der Waals surface area contributed by atoms with Gasteiger partial charge in [0.15, 0.2) is 17.7 Å². The Kier molecular flexibility index (Phi) is 3.40. The molecule has 6 heteroatoms. The van der Waals surface area contributed by atoms with Gasteiger partial charge in [0.2, 0.25) is 0 Å². The highest BCUT2D eigenvalue weighted by molar-refractivity contribution is 5.97. The van der Waals surface area contributed by atoms with Gasteiger partial charge in [-0.3, -0.25) is 4.79 Å². The zero-order valence-corrected chi connectivity index (χ0v) is 15.8. The van der Waals surface area contributed by atoms with E-state index in [1.807, 2.05) is 6.92 Å². The summed E-state index contributed by atoms with van der Waals surface area (Å²) in [6, 6.07) is 0. The van der Waals surface area contributed by atoms with Crippen molar-refractivity contribution in [1.29, 1.82) is 0 Å². The molecule has 2 bridgehead atoms. The molecule has 0 amide bonds. The molecule has 4 fully saturated rings. The molecule has 4 saturated carbocycles. The Morgan fingerprint density at radius 2 is 1.69 bits per heavy atom. The van der Waals surface area contributed by atoms with Crippen LogP contribution in [-0.2, 0) is 9.59 Å². The zero-order chi connectivity index (χ0) is 19.4. The minimum Gasteiger partial charge on any atom is -0.383 e. The maximum absolute atomic E-state index is 13.3. The molecule has 4 aliphatic carbocycles. The molecule has 0 aromatic carbocycles.